The van der Waals surface area contributed by atoms with E-state index in [1.807, 2.05) is 0 Å². The number of carbonyl (C=O) groups is 1. The van der Waals surface area contributed by atoms with Gasteiger partial charge in [0.15, 0.2) is 0 Å². The zero-order chi connectivity index (χ0) is 12.2. The van der Waals surface area contributed by atoms with Crippen molar-refractivity contribution >= 4 is 5.97 Å². The molecule has 0 fully saturated rings. The summed E-state index contributed by atoms with van der Waals surface area (Å²) in [7, 11) is 0. The number of unbranched alkanes of at least 4 members (excludes halogenated alkanes) is 7. The Kier molecular flexibility index (Phi) is 10.1. The molecule has 2 N–H and O–H groups in total. The van der Waals surface area contributed by atoms with Crippen molar-refractivity contribution in [2.24, 2.45) is 0 Å². The third kappa shape index (κ3) is 9.71. The summed E-state index contributed by atoms with van der Waals surface area (Å²) < 4.78 is 0. The molecular weight excluding hydrogens is 204 g/mol. The van der Waals surface area contributed by atoms with Crippen LogP contribution in [0, 0.1) is 0 Å². The molecule has 0 aromatic carbocycles. The summed E-state index contributed by atoms with van der Waals surface area (Å²) in [6.07, 6.45) is 10.6. The molecule has 0 aliphatic carbocycles. The highest BCUT2D eigenvalue weighted by Gasteiger charge is 1.97. The van der Waals surface area contributed by atoms with Crippen LogP contribution in [0.25, 0.3) is 0 Å². The molecule has 0 aromatic rings. The zero-order valence-electron chi connectivity index (χ0n) is 10.2. The van der Waals surface area contributed by atoms with Crippen LogP contribution in [-0.2, 0) is 4.79 Å². The standard InChI is InChI=1S/C13H24O3/c1-12(13(15)16)10-8-6-4-2-3-5-7-9-11-14/h10,14H,2-9,11H2,1H3,(H,15,16). The third-order valence-electron chi connectivity index (χ3n) is 2.65. The Balaban J connectivity index is 3.21. The molecule has 0 bridgehead atoms. The van der Waals surface area contributed by atoms with Gasteiger partial charge in [-0.05, 0) is 26.2 Å². The molecule has 0 heterocycles. The Labute approximate surface area is 98.2 Å². The lowest BCUT2D eigenvalue weighted by atomic mass is 10.1. The average molecular weight is 228 g/mol. The van der Waals surface area contributed by atoms with Crippen LogP contribution in [-0.4, -0.2) is 22.8 Å². The van der Waals surface area contributed by atoms with Crippen LogP contribution in [0.4, 0.5) is 0 Å². The van der Waals surface area contributed by atoms with E-state index >= 15 is 0 Å². The lowest BCUT2D eigenvalue weighted by molar-refractivity contribution is -0.132. The van der Waals surface area contributed by atoms with Crippen LogP contribution in [0.15, 0.2) is 11.6 Å². The second-order valence-electron chi connectivity index (χ2n) is 4.18. The highest BCUT2D eigenvalue weighted by atomic mass is 16.4. The third-order valence-corrected chi connectivity index (χ3v) is 2.65. The highest BCUT2D eigenvalue weighted by molar-refractivity contribution is 5.85. The van der Waals surface area contributed by atoms with E-state index in [0.29, 0.717) is 12.2 Å². The molecule has 0 aromatic heterocycles. The minimum atomic E-state index is -0.816. The number of allylic oxidation sites excluding steroid dienone is 1. The summed E-state index contributed by atoms with van der Waals surface area (Å²) in [4.78, 5) is 10.5. The van der Waals surface area contributed by atoms with Gasteiger partial charge in [-0.3, -0.25) is 0 Å². The minimum Gasteiger partial charge on any atom is -0.478 e. The topological polar surface area (TPSA) is 57.5 Å². The van der Waals surface area contributed by atoms with Crippen LogP contribution in [0.3, 0.4) is 0 Å². The lowest BCUT2D eigenvalue weighted by Gasteiger charge is -2.00. The van der Waals surface area contributed by atoms with Crippen molar-refractivity contribution < 1.29 is 15.0 Å². The molecule has 16 heavy (non-hydrogen) atoms. The SMILES string of the molecule is CC(=CCCCCCCCCCO)C(=O)O. The second-order valence-corrected chi connectivity index (χ2v) is 4.18. The first-order chi connectivity index (χ1) is 7.68. The average Bonchev–Trinajstić information content (AvgIpc) is 2.26. The maximum Gasteiger partial charge on any atom is 0.330 e. The smallest absolute Gasteiger partial charge is 0.330 e. The van der Waals surface area contributed by atoms with Gasteiger partial charge in [0.25, 0.3) is 0 Å². The fourth-order valence-corrected chi connectivity index (χ4v) is 1.55. The Morgan fingerprint density at radius 3 is 2.00 bits per heavy atom. The first kappa shape index (κ1) is 15.2. The molecule has 0 saturated carbocycles. The van der Waals surface area contributed by atoms with Crippen LogP contribution >= 0.6 is 0 Å². The fourth-order valence-electron chi connectivity index (χ4n) is 1.55. The van der Waals surface area contributed by atoms with Gasteiger partial charge in [0.2, 0.25) is 0 Å². The normalized spacial score (nSPS) is 11.8. The van der Waals surface area contributed by atoms with Gasteiger partial charge in [0.1, 0.15) is 0 Å². The van der Waals surface area contributed by atoms with Gasteiger partial charge in [0, 0.05) is 12.2 Å². The van der Waals surface area contributed by atoms with Gasteiger partial charge in [-0.25, -0.2) is 4.79 Å². The molecule has 0 radical (unpaired) electrons. The summed E-state index contributed by atoms with van der Waals surface area (Å²) >= 11 is 0. The molecule has 0 atom stereocenters. The predicted molar refractivity (Wildman–Crippen MR) is 65.4 cm³/mol. The van der Waals surface area contributed by atoms with Crippen LogP contribution in [0.2, 0.25) is 0 Å². The van der Waals surface area contributed by atoms with Crippen molar-refractivity contribution in [3.8, 4) is 0 Å². The Hall–Kier alpha value is -0.830. The van der Waals surface area contributed by atoms with Crippen LogP contribution in [0.5, 0.6) is 0 Å². The number of aliphatic hydroxyl groups is 1. The molecule has 0 saturated heterocycles. The quantitative estimate of drug-likeness (QED) is 0.446. The number of aliphatic carboxylic acids is 1. The number of hydrogen-bond donors (Lipinski definition) is 2. The van der Waals surface area contributed by atoms with Crippen molar-refractivity contribution in [1.82, 2.24) is 0 Å². The minimum absolute atomic E-state index is 0.305. The Morgan fingerprint density at radius 2 is 1.50 bits per heavy atom. The summed E-state index contributed by atoms with van der Waals surface area (Å²) in [5.74, 6) is -0.816. The van der Waals surface area contributed by atoms with E-state index in [4.69, 9.17) is 10.2 Å². The van der Waals surface area contributed by atoms with Gasteiger partial charge in [-0.1, -0.05) is 38.2 Å². The van der Waals surface area contributed by atoms with Crippen LogP contribution in [0.1, 0.15) is 58.3 Å². The molecule has 0 unspecified atom stereocenters. The number of carboxylic acid groups (broad SMARTS) is 1. The number of hydrogen-bond acceptors (Lipinski definition) is 2. The largest absolute Gasteiger partial charge is 0.478 e. The summed E-state index contributed by atoms with van der Waals surface area (Å²) in [6, 6.07) is 0. The van der Waals surface area contributed by atoms with Gasteiger partial charge < -0.3 is 10.2 Å². The maximum atomic E-state index is 10.5. The van der Waals surface area contributed by atoms with Gasteiger partial charge in [0.05, 0.1) is 0 Å². The highest BCUT2D eigenvalue weighted by Crippen LogP contribution is 2.09. The monoisotopic (exact) mass is 228 g/mol. The molecule has 0 rings (SSSR count). The molecule has 0 amide bonds. The van der Waals surface area contributed by atoms with Crippen LogP contribution < -0.4 is 0 Å². The van der Waals surface area contributed by atoms with Crippen molar-refractivity contribution in [1.29, 1.82) is 0 Å². The van der Waals surface area contributed by atoms with E-state index in [9.17, 15) is 4.79 Å². The first-order valence-electron chi connectivity index (χ1n) is 6.19. The Bertz CT molecular complexity index is 209. The number of rotatable bonds is 10. The second kappa shape index (κ2) is 10.7. The molecular formula is C13H24O3. The van der Waals surface area contributed by atoms with E-state index in [2.05, 4.69) is 0 Å². The van der Waals surface area contributed by atoms with E-state index in [0.717, 1.165) is 25.7 Å². The first-order valence-corrected chi connectivity index (χ1v) is 6.19. The predicted octanol–water partition coefficient (Wildman–Crippen LogP) is 3.13. The maximum absolute atomic E-state index is 10.5. The van der Waals surface area contributed by atoms with Gasteiger partial charge in [-0.15, -0.1) is 0 Å². The van der Waals surface area contributed by atoms with E-state index in [1.54, 1.807) is 13.0 Å². The number of carboxylic acids is 1. The van der Waals surface area contributed by atoms with E-state index in [-0.39, 0.29) is 0 Å². The van der Waals surface area contributed by atoms with Crippen molar-refractivity contribution in [2.45, 2.75) is 58.3 Å². The summed E-state index contributed by atoms with van der Waals surface area (Å²) in [5.41, 5.74) is 0.447. The molecule has 0 aliphatic heterocycles. The zero-order valence-corrected chi connectivity index (χ0v) is 10.2. The van der Waals surface area contributed by atoms with Crippen molar-refractivity contribution in [3.05, 3.63) is 11.6 Å². The number of aliphatic hydroxyl groups excluding tert-OH is 1. The summed E-state index contributed by atoms with van der Waals surface area (Å²) in [6.45, 7) is 1.94. The molecule has 94 valence electrons. The van der Waals surface area contributed by atoms with Gasteiger partial charge >= 0.3 is 5.97 Å². The van der Waals surface area contributed by atoms with E-state index < -0.39 is 5.97 Å². The molecule has 0 spiro atoms. The Morgan fingerprint density at radius 1 is 1.00 bits per heavy atom. The van der Waals surface area contributed by atoms with E-state index in [1.165, 1.54) is 25.7 Å². The van der Waals surface area contributed by atoms with Gasteiger partial charge in [-0.2, -0.15) is 0 Å². The van der Waals surface area contributed by atoms with Crippen molar-refractivity contribution in [3.63, 3.8) is 0 Å². The van der Waals surface area contributed by atoms with Crippen molar-refractivity contribution in [2.75, 3.05) is 6.61 Å². The fraction of sp³-hybridized carbons (Fsp3) is 0.769. The molecule has 3 nitrogen and oxygen atoms in total. The molecule has 0 aliphatic rings. The lowest BCUT2D eigenvalue weighted by Crippen LogP contribution is -1.95. The molecule has 3 heteroatoms. The summed E-state index contributed by atoms with van der Waals surface area (Å²) in [5, 5.41) is 17.2.